The first-order chi connectivity index (χ1) is 11.6. The number of rotatable bonds is 6. The summed E-state index contributed by atoms with van der Waals surface area (Å²) < 4.78 is 2.93. The molecule has 3 aromatic rings. The minimum absolute atomic E-state index is 0.0179. The Balaban J connectivity index is 1.56. The Kier molecular flexibility index (Phi) is 5.48. The highest BCUT2D eigenvalue weighted by atomic mass is 79.9. The molecule has 1 amide bonds. The molecule has 0 aliphatic rings. The van der Waals surface area contributed by atoms with Crippen LogP contribution in [0.15, 0.2) is 59.3 Å². The second-order valence-corrected chi connectivity index (χ2v) is 7.71. The average molecular weight is 404 g/mol. The van der Waals surface area contributed by atoms with Crippen molar-refractivity contribution in [2.75, 3.05) is 6.54 Å². The molecule has 1 aromatic carbocycles. The summed E-state index contributed by atoms with van der Waals surface area (Å²) in [4.78, 5) is 14.1. The van der Waals surface area contributed by atoms with E-state index in [1.165, 1.54) is 11.3 Å². The molecule has 2 aromatic heterocycles. The van der Waals surface area contributed by atoms with E-state index in [4.69, 9.17) is 0 Å². The number of hydrogen-bond donors (Lipinski definition) is 1. The Morgan fingerprint density at radius 2 is 2.08 bits per heavy atom. The van der Waals surface area contributed by atoms with Gasteiger partial charge in [0.25, 0.3) is 5.91 Å². The summed E-state index contributed by atoms with van der Waals surface area (Å²) in [7, 11) is 0. The van der Waals surface area contributed by atoms with Gasteiger partial charge in [0.2, 0.25) is 0 Å². The van der Waals surface area contributed by atoms with E-state index in [9.17, 15) is 4.79 Å². The lowest BCUT2D eigenvalue weighted by Gasteiger charge is -2.12. The van der Waals surface area contributed by atoms with E-state index in [2.05, 4.69) is 33.3 Å². The number of carbonyl (C=O) groups excluding carboxylic acids is 1. The van der Waals surface area contributed by atoms with Gasteiger partial charge in [-0.1, -0.05) is 35.0 Å². The zero-order valence-corrected chi connectivity index (χ0v) is 15.7. The van der Waals surface area contributed by atoms with Gasteiger partial charge in [0, 0.05) is 34.8 Å². The third kappa shape index (κ3) is 4.33. The first-order valence-corrected chi connectivity index (χ1v) is 9.34. The molecule has 3 rings (SSSR count). The third-order valence-corrected chi connectivity index (χ3v) is 5.29. The third-order valence-electron chi connectivity index (χ3n) is 3.63. The number of nitrogens with one attached hydrogen (secondary N) is 1. The van der Waals surface area contributed by atoms with Gasteiger partial charge in [-0.05, 0) is 41.8 Å². The molecule has 0 radical (unpaired) electrons. The van der Waals surface area contributed by atoms with Crippen molar-refractivity contribution in [1.82, 2.24) is 15.1 Å². The molecule has 1 N–H and O–H groups in total. The molecule has 0 saturated heterocycles. The van der Waals surface area contributed by atoms with Crippen molar-refractivity contribution in [3.05, 3.63) is 64.2 Å². The number of nitrogens with zero attached hydrogens (tertiary/aromatic N) is 2. The van der Waals surface area contributed by atoms with E-state index in [0.29, 0.717) is 12.5 Å². The first kappa shape index (κ1) is 16.9. The predicted molar refractivity (Wildman–Crippen MR) is 101 cm³/mol. The molecule has 0 aliphatic heterocycles. The van der Waals surface area contributed by atoms with E-state index in [1.807, 2.05) is 53.3 Å². The summed E-state index contributed by atoms with van der Waals surface area (Å²) in [6, 6.07) is 13.9. The topological polar surface area (TPSA) is 46.9 Å². The zero-order chi connectivity index (χ0) is 16.9. The molecule has 0 fully saturated rings. The zero-order valence-electron chi connectivity index (χ0n) is 13.3. The van der Waals surface area contributed by atoms with E-state index in [1.54, 1.807) is 6.20 Å². The fraction of sp³-hybridized carbons (Fsp3) is 0.222. The van der Waals surface area contributed by atoms with Gasteiger partial charge in [0.15, 0.2) is 0 Å². The van der Waals surface area contributed by atoms with Gasteiger partial charge in [-0.3, -0.25) is 9.48 Å². The van der Waals surface area contributed by atoms with Crippen LogP contribution in [0.1, 0.15) is 16.6 Å². The van der Waals surface area contributed by atoms with Crippen molar-refractivity contribution < 1.29 is 4.79 Å². The minimum atomic E-state index is -0.0179. The van der Waals surface area contributed by atoms with Crippen LogP contribution >= 0.6 is 27.3 Å². The molecule has 0 spiro atoms. The summed E-state index contributed by atoms with van der Waals surface area (Å²) in [5.74, 6) is 0.301. The standard InChI is InChI=1S/C18H18BrN3OS/c1-13(12-22-10-2-9-21-22)11-20-18(23)17-8-7-16(24-17)14-3-5-15(19)6-4-14/h2-10,13H,11-12H2,1H3,(H,20,23). The molecular weight excluding hydrogens is 386 g/mol. The Hall–Kier alpha value is -1.92. The maximum absolute atomic E-state index is 12.3. The number of amides is 1. The normalized spacial score (nSPS) is 12.1. The molecule has 1 atom stereocenters. The van der Waals surface area contributed by atoms with Gasteiger partial charge < -0.3 is 5.32 Å². The van der Waals surface area contributed by atoms with Gasteiger partial charge >= 0.3 is 0 Å². The second-order valence-electron chi connectivity index (χ2n) is 5.71. The summed E-state index contributed by atoms with van der Waals surface area (Å²) in [5, 5.41) is 7.20. The van der Waals surface area contributed by atoms with E-state index >= 15 is 0 Å². The number of aromatic nitrogens is 2. The van der Waals surface area contributed by atoms with Crippen LogP contribution in [-0.4, -0.2) is 22.2 Å². The number of carbonyl (C=O) groups is 1. The van der Waals surface area contributed by atoms with Gasteiger partial charge in [-0.25, -0.2) is 0 Å². The number of benzene rings is 1. The molecule has 6 heteroatoms. The van der Waals surface area contributed by atoms with Gasteiger partial charge in [-0.15, -0.1) is 11.3 Å². The van der Waals surface area contributed by atoms with Gasteiger partial charge in [-0.2, -0.15) is 5.10 Å². The Morgan fingerprint density at radius 3 is 2.79 bits per heavy atom. The predicted octanol–water partition coefficient (Wildman–Crippen LogP) is 4.44. The van der Waals surface area contributed by atoms with Gasteiger partial charge in [0.1, 0.15) is 0 Å². The lowest BCUT2D eigenvalue weighted by molar-refractivity contribution is 0.0950. The highest BCUT2D eigenvalue weighted by Crippen LogP contribution is 2.29. The molecule has 124 valence electrons. The van der Waals surface area contributed by atoms with Crippen LogP contribution in [0.5, 0.6) is 0 Å². The van der Waals surface area contributed by atoms with Crippen LogP contribution in [0.25, 0.3) is 10.4 Å². The molecule has 4 nitrogen and oxygen atoms in total. The number of hydrogen-bond acceptors (Lipinski definition) is 3. The van der Waals surface area contributed by atoms with Crippen molar-refractivity contribution in [2.45, 2.75) is 13.5 Å². The van der Waals surface area contributed by atoms with Crippen LogP contribution in [0.4, 0.5) is 0 Å². The van der Waals surface area contributed by atoms with Gasteiger partial charge in [0.05, 0.1) is 4.88 Å². The fourth-order valence-corrected chi connectivity index (χ4v) is 3.57. The highest BCUT2D eigenvalue weighted by molar-refractivity contribution is 9.10. The molecule has 2 heterocycles. The Labute approximate surface area is 153 Å². The second kappa shape index (κ2) is 7.77. The maximum atomic E-state index is 12.3. The lowest BCUT2D eigenvalue weighted by Crippen LogP contribution is -2.29. The number of halogens is 1. The monoisotopic (exact) mass is 403 g/mol. The van der Waals surface area contributed by atoms with Crippen LogP contribution in [0.2, 0.25) is 0 Å². The molecule has 0 saturated carbocycles. The largest absolute Gasteiger partial charge is 0.351 e. The summed E-state index contributed by atoms with van der Waals surface area (Å²) in [6.45, 7) is 3.52. The van der Waals surface area contributed by atoms with Crippen molar-refractivity contribution in [1.29, 1.82) is 0 Å². The fourth-order valence-electron chi connectivity index (χ4n) is 2.38. The summed E-state index contributed by atoms with van der Waals surface area (Å²) >= 11 is 4.95. The highest BCUT2D eigenvalue weighted by Gasteiger charge is 2.12. The van der Waals surface area contributed by atoms with Crippen molar-refractivity contribution >= 4 is 33.2 Å². The summed E-state index contributed by atoms with van der Waals surface area (Å²) in [5.41, 5.74) is 1.12. The van der Waals surface area contributed by atoms with Crippen molar-refractivity contribution in [3.63, 3.8) is 0 Å². The lowest BCUT2D eigenvalue weighted by atomic mass is 10.2. The molecule has 1 unspecified atom stereocenters. The minimum Gasteiger partial charge on any atom is -0.351 e. The molecule has 24 heavy (non-hydrogen) atoms. The van der Waals surface area contributed by atoms with E-state index in [-0.39, 0.29) is 5.91 Å². The van der Waals surface area contributed by atoms with Crippen LogP contribution < -0.4 is 5.32 Å². The van der Waals surface area contributed by atoms with Crippen molar-refractivity contribution in [2.24, 2.45) is 5.92 Å². The van der Waals surface area contributed by atoms with Crippen LogP contribution in [0, 0.1) is 5.92 Å². The smallest absolute Gasteiger partial charge is 0.261 e. The first-order valence-electron chi connectivity index (χ1n) is 7.73. The number of thiophene rings is 1. The Morgan fingerprint density at radius 1 is 1.29 bits per heavy atom. The SMILES string of the molecule is CC(CNC(=O)c1ccc(-c2ccc(Br)cc2)s1)Cn1cccn1. The van der Waals surface area contributed by atoms with Crippen LogP contribution in [0.3, 0.4) is 0 Å². The van der Waals surface area contributed by atoms with E-state index < -0.39 is 0 Å². The maximum Gasteiger partial charge on any atom is 0.261 e. The average Bonchev–Trinajstić information content (AvgIpc) is 3.25. The molecule has 0 bridgehead atoms. The van der Waals surface area contributed by atoms with Crippen LogP contribution in [-0.2, 0) is 6.54 Å². The molecule has 0 aliphatic carbocycles. The van der Waals surface area contributed by atoms with E-state index in [0.717, 1.165) is 26.3 Å². The van der Waals surface area contributed by atoms with Crippen molar-refractivity contribution in [3.8, 4) is 10.4 Å². The molecular formula is C18H18BrN3OS. The Bertz CT molecular complexity index is 796. The quantitative estimate of drug-likeness (QED) is 0.660. The summed E-state index contributed by atoms with van der Waals surface area (Å²) in [6.07, 6.45) is 3.70.